The number of hydrogen-bond acceptors (Lipinski definition) is 8. The van der Waals surface area contributed by atoms with Crippen LogP contribution in [0.25, 0.3) is 0 Å². The molecule has 0 unspecified atom stereocenters. The standard InChI is InChI=1S/C38H58O8.2K/c1-33(2)26-9-8-25-24(36(26,5)16-15-28(33)46-32(44)13-11-30(41)42)14-17-38(7)27-22-34(3,23-45-31(43)12-10-29(39)40)18-19-35(27,4)20-21-37(25,38)6;;/h26-28H,8-23H2,1-7H3,(H,39,40)(H,41,42);;/q;2*+1/p-2/t26-,27+,28-,34+,35+,36+,37+,38-;;/m0../s1. The minimum atomic E-state index is -1.23. The summed E-state index contributed by atoms with van der Waals surface area (Å²) in [6, 6.07) is 0. The summed E-state index contributed by atoms with van der Waals surface area (Å²) < 4.78 is 11.6. The molecule has 3 fully saturated rings. The van der Waals surface area contributed by atoms with E-state index < -0.39 is 23.9 Å². The van der Waals surface area contributed by atoms with Crippen LogP contribution >= 0.6 is 0 Å². The van der Waals surface area contributed by atoms with E-state index in [0.29, 0.717) is 18.4 Å². The number of allylic oxidation sites excluding steroid dienone is 2. The minimum absolute atomic E-state index is 0. The Morgan fingerprint density at radius 1 is 0.688 bits per heavy atom. The fourth-order valence-electron chi connectivity index (χ4n) is 11.6. The van der Waals surface area contributed by atoms with Gasteiger partial charge in [-0.2, -0.15) is 0 Å². The third-order valence-corrected chi connectivity index (χ3v) is 14.7. The molecule has 0 saturated heterocycles. The number of hydrogen-bond donors (Lipinski definition) is 0. The SMILES string of the molecule is CC1(C)[C@@H](OC(=O)CCC(=O)[O-])CC[C@]2(C)C3=C(CC[C@@H]12)[C@@]1(C)CC[C@@]2(C)CC[C@@](C)(COC(=O)CCC(=O)[O-])C[C@H]2[C@]1(C)CC3.[K+].[K+]. The molecule has 0 spiro atoms. The number of carbonyl (C=O) groups excluding carboxylic acids is 4. The average molecular weight is 719 g/mol. The number of fused-ring (bicyclic) bond motifs is 6. The van der Waals surface area contributed by atoms with Gasteiger partial charge in [0.25, 0.3) is 0 Å². The van der Waals surface area contributed by atoms with Crippen LogP contribution in [0.1, 0.15) is 145 Å². The van der Waals surface area contributed by atoms with Crippen molar-refractivity contribution in [1.29, 1.82) is 0 Å². The van der Waals surface area contributed by atoms with Crippen LogP contribution in [0.15, 0.2) is 11.1 Å². The van der Waals surface area contributed by atoms with E-state index in [2.05, 4.69) is 48.5 Å². The number of ether oxygens (including phenoxy) is 2. The van der Waals surface area contributed by atoms with Crippen LogP contribution in [0.4, 0.5) is 0 Å². The van der Waals surface area contributed by atoms with E-state index in [1.165, 1.54) is 12.8 Å². The van der Waals surface area contributed by atoms with E-state index in [0.717, 1.165) is 57.8 Å². The maximum Gasteiger partial charge on any atom is 1.00 e. The summed E-state index contributed by atoms with van der Waals surface area (Å²) in [5, 5.41) is 21.7. The molecule has 10 heteroatoms. The molecule has 258 valence electrons. The van der Waals surface area contributed by atoms with Crippen LogP contribution in [0.2, 0.25) is 0 Å². The van der Waals surface area contributed by atoms with Crippen molar-refractivity contribution in [3.05, 3.63) is 11.1 Å². The molecular formula is C38H56K2O8. The smallest absolute Gasteiger partial charge is 0.550 e. The summed E-state index contributed by atoms with van der Waals surface area (Å²) in [4.78, 5) is 46.6. The normalized spacial score (nSPS) is 39.5. The maximum atomic E-state index is 12.6. The molecule has 3 saturated carbocycles. The topological polar surface area (TPSA) is 133 Å². The van der Waals surface area contributed by atoms with Gasteiger partial charge >= 0.3 is 115 Å². The second-order valence-corrected chi connectivity index (χ2v) is 17.7. The van der Waals surface area contributed by atoms with Gasteiger partial charge in [-0.25, -0.2) is 0 Å². The van der Waals surface area contributed by atoms with Crippen molar-refractivity contribution in [3.63, 3.8) is 0 Å². The predicted octanol–water partition coefficient (Wildman–Crippen LogP) is -0.545. The van der Waals surface area contributed by atoms with Crippen molar-refractivity contribution >= 4 is 23.9 Å². The third kappa shape index (κ3) is 7.89. The number of carboxylic acid groups (broad SMARTS) is 2. The second kappa shape index (κ2) is 15.7. The fraction of sp³-hybridized carbons (Fsp3) is 0.842. The minimum Gasteiger partial charge on any atom is -0.550 e. The zero-order valence-electron chi connectivity index (χ0n) is 31.3. The number of carbonyl (C=O) groups is 4. The molecule has 0 aromatic heterocycles. The molecule has 0 N–H and O–H groups in total. The van der Waals surface area contributed by atoms with Crippen LogP contribution in [-0.4, -0.2) is 36.6 Å². The molecule has 0 aromatic carbocycles. The van der Waals surface area contributed by atoms with Crippen molar-refractivity contribution in [3.8, 4) is 0 Å². The first-order valence-electron chi connectivity index (χ1n) is 17.8. The Balaban J connectivity index is 0.00000312. The van der Waals surface area contributed by atoms with Gasteiger partial charge < -0.3 is 29.3 Å². The van der Waals surface area contributed by atoms with Gasteiger partial charge in [-0.1, -0.05) is 59.6 Å². The maximum absolute atomic E-state index is 12.6. The van der Waals surface area contributed by atoms with Crippen LogP contribution in [0.3, 0.4) is 0 Å². The summed E-state index contributed by atoms with van der Waals surface area (Å²) >= 11 is 0. The molecule has 0 bridgehead atoms. The summed E-state index contributed by atoms with van der Waals surface area (Å²) in [5.74, 6) is -2.50. The Labute approximate surface area is 373 Å². The van der Waals surface area contributed by atoms with Gasteiger partial charge in [0.1, 0.15) is 6.10 Å². The van der Waals surface area contributed by atoms with E-state index in [1.54, 1.807) is 11.1 Å². The van der Waals surface area contributed by atoms with E-state index >= 15 is 0 Å². The molecule has 0 amide bonds. The first kappa shape index (κ1) is 43.3. The molecule has 48 heavy (non-hydrogen) atoms. The molecule has 5 aliphatic rings. The van der Waals surface area contributed by atoms with Gasteiger partial charge in [-0.05, 0) is 117 Å². The number of rotatable bonds is 9. The second-order valence-electron chi connectivity index (χ2n) is 17.7. The fourth-order valence-corrected chi connectivity index (χ4v) is 11.6. The monoisotopic (exact) mass is 718 g/mol. The van der Waals surface area contributed by atoms with Gasteiger partial charge in [-0.15, -0.1) is 0 Å². The molecule has 8 nitrogen and oxygen atoms in total. The van der Waals surface area contributed by atoms with Gasteiger partial charge in [0, 0.05) is 22.8 Å². The zero-order chi connectivity index (χ0) is 33.9. The third-order valence-electron chi connectivity index (χ3n) is 14.7. The van der Waals surface area contributed by atoms with Gasteiger partial charge in [-0.3, -0.25) is 9.59 Å². The van der Waals surface area contributed by atoms with E-state index in [1.807, 2.05) is 0 Å². The Morgan fingerprint density at radius 2 is 1.29 bits per heavy atom. The van der Waals surface area contributed by atoms with Crippen molar-refractivity contribution in [2.75, 3.05) is 6.61 Å². The molecule has 0 radical (unpaired) electrons. The Kier molecular flexibility index (Phi) is 14.2. The average Bonchev–Trinajstić information content (AvgIpc) is 2.97. The first-order chi connectivity index (χ1) is 21.3. The van der Waals surface area contributed by atoms with Gasteiger partial charge in [0.2, 0.25) is 0 Å². The molecule has 0 heterocycles. The van der Waals surface area contributed by atoms with Crippen molar-refractivity contribution < 1.29 is 142 Å². The summed E-state index contributed by atoms with van der Waals surface area (Å²) in [5.41, 5.74) is 3.46. The van der Waals surface area contributed by atoms with Crippen molar-refractivity contribution in [1.82, 2.24) is 0 Å². The Hall–Kier alpha value is 0.893. The summed E-state index contributed by atoms with van der Waals surface area (Å²) in [6.45, 7) is 17.1. The molecule has 0 aromatic rings. The summed E-state index contributed by atoms with van der Waals surface area (Å²) in [7, 11) is 0. The van der Waals surface area contributed by atoms with Crippen molar-refractivity contribution in [2.45, 2.75) is 151 Å². The molecule has 0 aliphatic heterocycles. The summed E-state index contributed by atoms with van der Waals surface area (Å²) in [6.07, 6.45) is 10.4. The molecular weight excluding hydrogens is 663 g/mol. The molecule has 5 aliphatic carbocycles. The van der Waals surface area contributed by atoms with E-state index in [-0.39, 0.29) is 167 Å². The Bertz CT molecular complexity index is 1310. The first-order valence-corrected chi connectivity index (χ1v) is 17.8. The molecule has 8 atom stereocenters. The van der Waals surface area contributed by atoms with Crippen molar-refractivity contribution in [2.24, 2.45) is 44.3 Å². The van der Waals surface area contributed by atoms with Crippen LogP contribution in [0, 0.1) is 44.3 Å². The van der Waals surface area contributed by atoms with Gasteiger partial charge in [0.15, 0.2) is 0 Å². The van der Waals surface area contributed by atoms with E-state index in [9.17, 15) is 29.4 Å². The number of carboxylic acids is 2. The Morgan fingerprint density at radius 3 is 1.92 bits per heavy atom. The van der Waals surface area contributed by atoms with Crippen LogP contribution in [0.5, 0.6) is 0 Å². The largest absolute Gasteiger partial charge is 1.00 e. The van der Waals surface area contributed by atoms with Crippen LogP contribution in [-0.2, 0) is 28.7 Å². The number of esters is 2. The predicted molar refractivity (Wildman–Crippen MR) is 168 cm³/mol. The number of aliphatic carboxylic acids is 2. The quantitative estimate of drug-likeness (QED) is 0.177. The van der Waals surface area contributed by atoms with E-state index in [4.69, 9.17) is 9.47 Å². The zero-order valence-corrected chi connectivity index (χ0v) is 37.6. The van der Waals surface area contributed by atoms with Gasteiger partial charge in [0.05, 0.1) is 19.4 Å². The van der Waals surface area contributed by atoms with Crippen LogP contribution < -0.4 is 113 Å². The molecule has 5 rings (SSSR count).